The van der Waals surface area contributed by atoms with Gasteiger partial charge in [0.25, 0.3) is 0 Å². The lowest BCUT2D eigenvalue weighted by molar-refractivity contribution is 0.414. The van der Waals surface area contributed by atoms with Gasteiger partial charge in [0.15, 0.2) is 0 Å². The SMILES string of the molecule is CCN(CCCl)c1ccccc1OC. The van der Waals surface area contributed by atoms with E-state index in [1.165, 1.54) is 0 Å². The summed E-state index contributed by atoms with van der Waals surface area (Å²) in [6.07, 6.45) is 0. The van der Waals surface area contributed by atoms with Crippen LogP contribution in [0.4, 0.5) is 5.69 Å². The minimum Gasteiger partial charge on any atom is -0.495 e. The second-order valence-corrected chi connectivity index (χ2v) is 3.32. The molecule has 1 aromatic rings. The minimum atomic E-state index is 0.631. The lowest BCUT2D eigenvalue weighted by Crippen LogP contribution is -2.25. The molecular weight excluding hydrogens is 198 g/mol. The van der Waals surface area contributed by atoms with Gasteiger partial charge in [-0.25, -0.2) is 0 Å². The lowest BCUT2D eigenvalue weighted by Gasteiger charge is -2.23. The van der Waals surface area contributed by atoms with Crippen molar-refractivity contribution in [2.24, 2.45) is 0 Å². The molecular formula is C11H16ClNO. The second kappa shape index (κ2) is 5.76. The summed E-state index contributed by atoms with van der Waals surface area (Å²) < 4.78 is 5.29. The molecule has 0 atom stereocenters. The van der Waals surface area contributed by atoms with Crippen LogP contribution in [0, 0.1) is 0 Å². The third-order valence-electron chi connectivity index (χ3n) is 2.16. The Morgan fingerprint density at radius 2 is 2.07 bits per heavy atom. The standard InChI is InChI=1S/C11H16ClNO/c1-3-13(9-8-12)10-6-4-5-7-11(10)14-2/h4-7H,3,8-9H2,1-2H3. The summed E-state index contributed by atoms with van der Waals surface area (Å²) in [4.78, 5) is 2.20. The molecule has 0 aromatic heterocycles. The van der Waals surface area contributed by atoms with Crippen LogP contribution in [0.5, 0.6) is 5.75 Å². The number of nitrogens with zero attached hydrogens (tertiary/aromatic N) is 1. The van der Waals surface area contributed by atoms with Crippen molar-refractivity contribution in [3.8, 4) is 5.75 Å². The molecule has 0 aliphatic rings. The zero-order valence-electron chi connectivity index (χ0n) is 8.66. The van der Waals surface area contributed by atoms with E-state index < -0.39 is 0 Å². The molecule has 2 nitrogen and oxygen atoms in total. The third-order valence-corrected chi connectivity index (χ3v) is 2.33. The molecule has 1 aromatic carbocycles. The van der Waals surface area contributed by atoms with E-state index in [4.69, 9.17) is 16.3 Å². The highest BCUT2D eigenvalue weighted by Gasteiger charge is 2.08. The molecule has 0 saturated heterocycles. The molecule has 1 rings (SSSR count). The molecule has 0 fully saturated rings. The summed E-state index contributed by atoms with van der Waals surface area (Å²) in [5.74, 6) is 1.53. The number of anilines is 1. The molecule has 3 heteroatoms. The van der Waals surface area contributed by atoms with Crippen LogP contribution in [-0.2, 0) is 0 Å². The number of ether oxygens (including phenoxy) is 1. The zero-order chi connectivity index (χ0) is 10.4. The van der Waals surface area contributed by atoms with E-state index in [2.05, 4.69) is 17.9 Å². The van der Waals surface area contributed by atoms with E-state index in [1.54, 1.807) is 7.11 Å². The normalized spacial score (nSPS) is 9.93. The number of rotatable bonds is 5. The molecule has 0 heterocycles. The molecule has 0 aliphatic heterocycles. The molecule has 0 unspecified atom stereocenters. The summed E-state index contributed by atoms with van der Waals surface area (Å²) in [6, 6.07) is 7.99. The minimum absolute atomic E-state index is 0.631. The Hall–Kier alpha value is -0.890. The largest absolute Gasteiger partial charge is 0.495 e. The van der Waals surface area contributed by atoms with Gasteiger partial charge in [-0.1, -0.05) is 12.1 Å². The van der Waals surface area contributed by atoms with Gasteiger partial charge in [-0.15, -0.1) is 11.6 Å². The Balaban J connectivity index is 2.90. The summed E-state index contributed by atoms with van der Waals surface area (Å²) in [5, 5.41) is 0. The molecule has 0 saturated carbocycles. The highest BCUT2D eigenvalue weighted by Crippen LogP contribution is 2.27. The fourth-order valence-electron chi connectivity index (χ4n) is 1.44. The van der Waals surface area contributed by atoms with E-state index in [0.29, 0.717) is 5.88 Å². The van der Waals surface area contributed by atoms with Gasteiger partial charge in [0, 0.05) is 19.0 Å². The highest BCUT2D eigenvalue weighted by molar-refractivity contribution is 6.18. The summed E-state index contributed by atoms with van der Waals surface area (Å²) in [7, 11) is 1.69. The first-order valence-corrected chi connectivity index (χ1v) is 5.30. The fraction of sp³-hybridized carbons (Fsp3) is 0.455. The van der Waals surface area contributed by atoms with E-state index in [0.717, 1.165) is 24.5 Å². The fourth-order valence-corrected chi connectivity index (χ4v) is 1.65. The number of benzene rings is 1. The topological polar surface area (TPSA) is 12.5 Å². The van der Waals surface area contributed by atoms with Gasteiger partial charge in [-0.3, -0.25) is 0 Å². The summed E-state index contributed by atoms with van der Waals surface area (Å²) in [5.41, 5.74) is 1.11. The molecule has 0 spiro atoms. The molecule has 0 N–H and O–H groups in total. The number of alkyl halides is 1. The Morgan fingerprint density at radius 1 is 1.36 bits per heavy atom. The van der Waals surface area contributed by atoms with Gasteiger partial charge in [0.05, 0.1) is 12.8 Å². The van der Waals surface area contributed by atoms with Crippen molar-refractivity contribution >= 4 is 17.3 Å². The second-order valence-electron chi connectivity index (χ2n) is 2.94. The highest BCUT2D eigenvalue weighted by atomic mass is 35.5. The molecule has 0 aliphatic carbocycles. The monoisotopic (exact) mass is 213 g/mol. The number of hydrogen-bond acceptors (Lipinski definition) is 2. The molecule has 0 radical (unpaired) electrons. The van der Waals surface area contributed by atoms with Crippen LogP contribution >= 0.6 is 11.6 Å². The van der Waals surface area contributed by atoms with Crippen molar-refractivity contribution in [2.45, 2.75) is 6.92 Å². The van der Waals surface area contributed by atoms with Crippen LogP contribution in [-0.4, -0.2) is 26.1 Å². The van der Waals surface area contributed by atoms with Gasteiger partial charge in [0.2, 0.25) is 0 Å². The smallest absolute Gasteiger partial charge is 0.142 e. The van der Waals surface area contributed by atoms with Crippen LogP contribution in [0.1, 0.15) is 6.92 Å². The average molecular weight is 214 g/mol. The maximum absolute atomic E-state index is 5.74. The van der Waals surface area contributed by atoms with Gasteiger partial charge in [0.1, 0.15) is 5.75 Å². The number of hydrogen-bond donors (Lipinski definition) is 0. The van der Waals surface area contributed by atoms with Crippen LogP contribution in [0.3, 0.4) is 0 Å². The predicted molar refractivity (Wildman–Crippen MR) is 61.6 cm³/mol. The predicted octanol–water partition coefficient (Wildman–Crippen LogP) is 2.76. The Labute approximate surface area is 90.4 Å². The van der Waals surface area contributed by atoms with Crippen molar-refractivity contribution < 1.29 is 4.74 Å². The van der Waals surface area contributed by atoms with E-state index >= 15 is 0 Å². The Kier molecular flexibility index (Phi) is 4.60. The van der Waals surface area contributed by atoms with Crippen LogP contribution in [0.25, 0.3) is 0 Å². The quantitative estimate of drug-likeness (QED) is 0.698. The molecule has 0 bridgehead atoms. The van der Waals surface area contributed by atoms with Crippen LogP contribution in [0.15, 0.2) is 24.3 Å². The van der Waals surface area contributed by atoms with Crippen LogP contribution < -0.4 is 9.64 Å². The maximum atomic E-state index is 5.74. The van der Waals surface area contributed by atoms with Gasteiger partial charge < -0.3 is 9.64 Å². The van der Waals surface area contributed by atoms with Gasteiger partial charge in [-0.05, 0) is 19.1 Å². The Morgan fingerprint density at radius 3 is 2.64 bits per heavy atom. The zero-order valence-corrected chi connectivity index (χ0v) is 9.42. The van der Waals surface area contributed by atoms with Gasteiger partial charge >= 0.3 is 0 Å². The van der Waals surface area contributed by atoms with Crippen molar-refractivity contribution in [1.29, 1.82) is 0 Å². The van der Waals surface area contributed by atoms with Crippen LogP contribution in [0.2, 0.25) is 0 Å². The Bertz CT molecular complexity index is 278. The van der Waals surface area contributed by atoms with Crippen molar-refractivity contribution in [2.75, 3.05) is 31.0 Å². The summed E-state index contributed by atoms with van der Waals surface area (Å²) in [6.45, 7) is 3.89. The maximum Gasteiger partial charge on any atom is 0.142 e. The first kappa shape index (κ1) is 11.2. The average Bonchev–Trinajstić information content (AvgIpc) is 2.26. The number of halogens is 1. The first-order chi connectivity index (χ1) is 6.83. The van der Waals surface area contributed by atoms with Gasteiger partial charge in [-0.2, -0.15) is 0 Å². The van der Waals surface area contributed by atoms with Crippen molar-refractivity contribution in [1.82, 2.24) is 0 Å². The summed E-state index contributed by atoms with van der Waals surface area (Å²) >= 11 is 5.74. The number of para-hydroxylation sites is 2. The van der Waals surface area contributed by atoms with Crippen molar-refractivity contribution in [3.05, 3.63) is 24.3 Å². The number of methoxy groups -OCH3 is 1. The molecule has 78 valence electrons. The van der Waals surface area contributed by atoms with E-state index in [9.17, 15) is 0 Å². The molecule has 14 heavy (non-hydrogen) atoms. The van der Waals surface area contributed by atoms with E-state index in [-0.39, 0.29) is 0 Å². The molecule has 0 amide bonds. The first-order valence-electron chi connectivity index (χ1n) is 4.77. The third kappa shape index (κ3) is 2.55. The van der Waals surface area contributed by atoms with Crippen molar-refractivity contribution in [3.63, 3.8) is 0 Å². The lowest BCUT2D eigenvalue weighted by atomic mass is 10.2. The van der Waals surface area contributed by atoms with E-state index in [1.807, 2.05) is 18.2 Å².